The molecule has 146 valence electrons. The molecule has 4 aromatic rings. The first-order valence-electron chi connectivity index (χ1n) is 9.42. The molecular formula is C21H19N5O2S. The van der Waals surface area contributed by atoms with Crippen LogP contribution in [0.4, 0.5) is 0 Å². The van der Waals surface area contributed by atoms with Gasteiger partial charge in [0.15, 0.2) is 0 Å². The summed E-state index contributed by atoms with van der Waals surface area (Å²) in [5, 5.41) is 5.68. The van der Waals surface area contributed by atoms with Gasteiger partial charge in [0.05, 0.1) is 27.4 Å². The van der Waals surface area contributed by atoms with E-state index in [0.29, 0.717) is 5.52 Å². The number of hydrogen-bond acceptors (Lipinski definition) is 5. The second-order valence-corrected chi connectivity index (χ2v) is 8.86. The van der Waals surface area contributed by atoms with E-state index in [1.165, 1.54) is 7.05 Å². The number of pyridine rings is 2. The molecular weight excluding hydrogens is 386 g/mol. The fraction of sp³-hybridized carbons (Fsp3) is 0.190. The molecule has 0 radical (unpaired) electrons. The molecule has 1 aliphatic heterocycles. The van der Waals surface area contributed by atoms with Crippen molar-refractivity contribution in [2.45, 2.75) is 24.3 Å². The van der Waals surface area contributed by atoms with Crippen molar-refractivity contribution in [1.82, 2.24) is 24.5 Å². The monoisotopic (exact) mass is 405 g/mol. The average molecular weight is 405 g/mol. The van der Waals surface area contributed by atoms with Gasteiger partial charge in [0.1, 0.15) is 5.69 Å². The van der Waals surface area contributed by atoms with Crippen molar-refractivity contribution < 1.29 is 8.42 Å². The number of rotatable bonds is 4. The fourth-order valence-corrected chi connectivity index (χ4v) is 4.55. The van der Waals surface area contributed by atoms with Crippen LogP contribution in [0.1, 0.15) is 12.1 Å². The zero-order valence-corrected chi connectivity index (χ0v) is 16.6. The smallest absolute Gasteiger partial charge is 0.240 e. The Morgan fingerprint density at radius 1 is 1.07 bits per heavy atom. The van der Waals surface area contributed by atoms with Gasteiger partial charge in [0.25, 0.3) is 0 Å². The van der Waals surface area contributed by atoms with Crippen molar-refractivity contribution in [3.63, 3.8) is 0 Å². The lowest BCUT2D eigenvalue weighted by molar-refractivity contribution is 0.588. The lowest BCUT2D eigenvalue weighted by Gasteiger charge is -2.08. The lowest BCUT2D eigenvalue weighted by Crippen LogP contribution is -2.18. The van der Waals surface area contributed by atoms with Gasteiger partial charge in [-0.05, 0) is 50.2 Å². The second-order valence-electron chi connectivity index (χ2n) is 6.97. The summed E-state index contributed by atoms with van der Waals surface area (Å²) in [5.74, 6) is 0. The molecule has 4 heterocycles. The normalized spacial score (nSPS) is 13.7. The summed E-state index contributed by atoms with van der Waals surface area (Å²) in [6.07, 6.45) is 3.74. The molecule has 29 heavy (non-hydrogen) atoms. The summed E-state index contributed by atoms with van der Waals surface area (Å²) in [6.45, 7) is 0.882. The van der Waals surface area contributed by atoms with Crippen LogP contribution >= 0.6 is 0 Å². The summed E-state index contributed by atoms with van der Waals surface area (Å²) in [6, 6.07) is 14.7. The highest BCUT2D eigenvalue weighted by molar-refractivity contribution is 7.89. The summed E-state index contributed by atoms with van der Waals surface area (Å²) >= 11 is 0. The number of benzene rings is 1. The molecule has 0 saturated heterocycles. The number of nitrogens with one attached hydrogen (secondary N) is 1. The molecule has 3 aromatic heterocycles. The van der Waals surface area contributed by atoms with E-state index >= 15 is 0 Å². The van der Waals surface area contributed by atoms with Gasteiger partial charge in [0, 0.05) is 23.8 Å². The molecule has 0 amide bonds. The molecule has 5 rings (SSSR count). The number of hydrogen-bond donors (Lipinski definition) is 1. The molecule has 0 spiro atoms. The topological polar surface area (TPSA) is 89.8 Å². The molecule has 0 aliphatic carbocycles. The average Bonchev–Trinajstić information content (AvgIpc) is 3.35. The van der Waals surface area contributed by atoms with Gasteiger partial charge < -0.3 is 0 Å². The highest BCUT2D eigenvalue weighted by Gasteiger charge is 2.25. The Labute approximate surface area is 168 Å². The fourth-order valence-electron chi connectivity index (χ4n) is 3.80. The Kier molecular flexibility index (Phi) is 4.18. The first kappa shape index (κ1) is 18.0. The van der Waals surface area contributed by atoms with E-state index in [1.807, 2.05) is 35.0 Å². The van der Waals surface area contributed by atoms with Crippen LogP contribution in [0.15, 0.2) is 59.6 Å². The van der Waals surface area contributed by atoms with Crippen LogP contribution in [-0.2, 0) is 23.0 Å². The number of aryl methyl sites for hydroxylation is 1. The first-order valence-corrected chi connectivity index (χ1v) is 10.9. The predicted molar refractivity (Wildman–Crippen MR) is 111 cm³/mol. The third kappa shape index (κ3) is 3.01. The van der Waals surface area contributed by atoms with E-state index in [9.17, 15) is 8.42 Å². The predicted octanol–water partition coefficient (Wildman–Crippen LogP) is 3.01. The van der Waals surface area contributed by atoms with Crippen molar-refractivity contribution in [2.75, 3.05) is 7.05 Å². The largest absolute Gasteiger partial charge is 0.268 e. The third-order valence-corrected chi connectivity index (χ3v) is 6.66. The lowest BCUT2D eigenvalue weighted by atomic mass is 10.0. The summed E-state index contributed by atoms with van der Waals surface area (Å²) in [4.78, 5) is 9.49. The molecule has 8 heteroatoms. The van der Waals surface area contributed by atoms with Gasteiger partial charge in [-0.25, -0.2) is 18.1 Å². The molecule has 0 unspecified atom stereocenters. The number of fused-ring (bicyclic) bond motifs is 2. The molecule has 0 saturated carbocycles. The van der Waals surface area contributed by atoms with Gasteiger partial charge in [-0.1, -0.05) is 18.2 Å². The van der Waals surface area contributed by atoms with E-state index in [0.717, 1.165) is 53.1 Å². The molecule has 0 atom stereocenters. The molecule has 7 nitrogen and oxygen atoms in total. The van der Waals surface area contributed by atoms with Crippen LogP contribution in [-0.4, -0.2) is 35.2 Å². The van der Waals surface area contributed by atoms with Crippen LogP contribution in [0.3, 0.4) is 0 Å². The molecule has 1 aliphatic rings. The Morgan fingerprint density at radius 3 is 2.72 bits per heavy atom. The second kappa shape index (κ2) is 6.75. The van der Waals surface area contributed by atoms with Crippen molar-refractivity contribution >= 4 is 20.9 Å². The van der Waals surface area contributed by atoms with Crippen LogP contribution in [0.25, 0.3) is 33.5 Å². The van der Waals surface area contributed by atoms with E-state index in [1.54, 1.807) is 24.4 Å². The SMILES string of the molecule is CNS(=O)(=O)c1ccc2ccc(-c3c(-c4ccccn4)nn4c3CCC4)nc2c1. The van der Waals surface area contributed by atoms with Gasteiger partial charge >= 0.3 is 0 Å². The van der Waals surface area contributed by atoms with Gasteiger partial charge in [-0.3, -0.25) is 9.67 Å². The quantitative estimate of drug-likeness (QED) is 0.564. The highest BCUT2D eigenvalue weighted by atomic mass is 32.2. The Balaban J connectivity index is 1.72. The summed E-state index contributed by atoms with van der Waals surface area (Å²) in [5.41, 5.74) is 5.15. The first-order chi connectivity index (χ1) is 14.1. The van der Waals surface area contributed by atoms with Gasteiger partial charge in [0.2, 0.25) is 10.0 Å². The maximum atomic E-state index is 12.2. The maximum Gasteiger partial charge on any atom is 0.240 e. The Morgan fingerprint density at radius 2 is 1.93 bits per heavy atom. The number of nitrogens with zero attached hydrogens (tertiary/aromatic N) is 4. The van der Waals surface area contributed by atoms with Crippen LogP contribution in [0.2, 0.25) is 0 Å². The third-order valence-electron chi connectivity index (χ3n) is 5.25. The zero-order chi connectivity index (χ0) is 20.0. The van der Waals surface area contributed by atoms with Gasteiger partial charge in [-0.2, -0.15) is 5.10 Å². The molecule has 0 fully saturated rings. The maximum absolute atomic E-state index is 12.2. The van der Waals surface area contributed by atoms with Crippen molar-refractivity contribution in [3.05, 3.63) is 60.4 Å². The van der Waals surface area contributed by atoms with E-state index < -0.39 is 10.0 Å². The minimum absolute atomic E-state index is 0.197. The molecule has 1 aromatic carbocycles. The van der Waals surface area contributed by atoms with E-state index in [2.05, 4.69) is 9.71 Å². The number of aromatic nitrogens is 4. The van der Waals surface area contributed by atoms with Crippen molar-refractivity contribution in [1.29, 1.82) is 0 Å². The van der Waals surface area contributed by atoms with Crippen LogP contribution < -0.4 is 4.72 Å². The molecule has 1 N–H and O–H groups in total. The van der Waals surface area contributed by atoms with Crippen molar-refractivity contribution in [3.8, 4) is 22.6 Å². The zero-order valence-electron chi connectivity index (χ0n) is 15.8. The highest BCUT2D eigenvalue weighted by Crippen LogP contribution is 2.36. The van der Waals surface area contributed by atoms with E-state index in [-0.39, 0.29) is 4.90 Å². The minimum Gasteiger partial charge on any atom is -0.268 e. The van der Waals surface area contributed by atoms with Crippen LogP contribution in [0.5, 0.6) is 0 Å². The van der Waals surface area contributed by atoms with E-state index in [4.69, 9.17) is 10.1 Å². The standard InChI is InChI=1S/C21H19N5O2S/c1-22-29(27,28)15-9-7-14-8-10-16(24-18(14)13-15)20-19-6-4-12-26(19)25-21(20)17-5-2-3-11-23-17/h2-3,5,7-11,13,22H,4,6,12H2,1H3. The Hall–Kier alpha value is -3.10. The number of sulfonamides is 1. The van der Waals surface area contributed by atoms with Crippen molar-refractivity contribution in [2.24, 2.45) is 0 Å². The van der Waals surface area contributed by atoms with Gasteiger partial charge in [-0.15, -0.1) is 0 Å². The molecule has 0 bridgehead atoms. The van der Waals surface area contributed by atoms with Crippen LogP contribution in [0, 0.1) is 0 Å². The Bertz CT molecular complexity index is 1330. The summed E-state index contributed by atoms with van der Waals surface area (Å²) in [7, 11) is -2.13. The summed E-state index contributed by atoms with van der Waals surface area (Å²) < 4.78 is 28.8. The minimum atomic E-state index is -3.53.